The smallest absolute Gasteiger partial charge is 0.322 e. The van der Waals surface area contributed by atoms with Gasteiger partial charge in [0.25, 0.3) is 0 Å². The van der Waals surface area contributed by atoms with Gasteiger partial charge in [-0.3, -0.25) is 14.5 Å². The topological polar surface area (TPSA) is 61.9 Å². The molecule has 38 heavy (non-hydrogen) atoms. The van der Waals surface area contributed by atoms with E-state index in [9.17, 15) is 9.59 Å². The van der Waals surface area contributed by atoms with Crippen LogP contribution in [0.1, 0.15) is 61.8 Å². The summed E-state index contributed by atoms with van der Waals surface area (Å²) in [6.07, 6.45) is 5.17. The van der Waals surface area contributed by atoms with E-state index in [2.05, 4.69) is 29.7 Å². The van der Waals surface area contributed by atoms with Gasteiger partial charge >= 0.3 is 6.03 Å². The summed E-state index contributed by atoms with van der Waals surface area (Å²) in [5.74, 6) is -0.176. The molecule has 1 fully saturated rings. The van der Waals surface area contributed by atoms with E-state index < -0.39 is 0 Å². The van der Waals surface area contributed by atoms with Gasteiger partial charge in [0.1, 0.15) is 0 Å². The molecule has 3 amide bonds. The number of nitrogens with zero attached hydrogens (tertiary/aromatic N) is 2. The molecule has 0 bridgehead atoms. The second-order valence-electron chi connectivity index (χ2n) is 10.1. The third-order valence-corrected chi connectivity index (χ3v) is 7.38. The largest absolute Gasteiger partial charge is 0.327 e. The maximum Gasteiger partial charge on any atom is 0.327 e. The molecule has 0 saturated carbocycles. The molecule has 0 aromatic heterocycles. The summed E-state index contributed by atoms with van der Waals surface area (Å²) in [7, 11) is 1.77. The Labute approximate surface area is 226 Å². The number of imide groups is 1. The Hall–Kier alpha value is -3.48. The molecule has 0 spiro atoms. The highest BCUT2D eigenvalue weighted by Gasteiger charge is 2.45. The molecule has 0 aliphatic carbocycles. The van der Waals surface area contributed by atoms with Crippen LogP contribution in [0.3, 0.4) is 0 Å². The van der Waals surface area contributed by atoms with E-state index in [0.717, 1.165) is 43.2 Å². The van der Waals surface area contributed by atoms with Gasteiger partial charge in [0.05, 0.1) is 18.7 Å². The first kappa shape index (κ1) is 27.6. The standard InChI is InChI=1S/C32H39N3O3/c1-25-31(28-20-12-6-13-21-28)35(32(37)34(25)2)30(36)23-29(33-38-24-27-18-10-4-11-19-27)22-14-5-9-17-26-15-7-3-8-16-26/h3-4,6-8,10-13,15-16,18-21,25,29,31,33H,5,9,14,17,22-24H2,1-2H3/t25-,29-,31-/m0/s1. The van der Waals surface area contributed by atoms with Crippen molar-refractivity contribution in [2.75, 3.05) is 7.05 Å². The first-order valence-electron chi connectivity index (χ1n) is 13.6. The fourth-order valence-corrected chi connectivity index (χ4v) is 5.10. The molecule has 1 N–H and O–H groups in total. The van der Waals surface area contributed by atoms with Crippen LogP contribution >= 0.6 is 0 Å². The van der Waals surface area contributed by atoms with Gasteiger partial charge in [-0.05, 0) is 42.9 Å². The van der Waals surface area contributed by atoms with E-state index in [4.69, 9.17) is 4.84 Å². The Morgan fingerprint density at radius 1 is 0.868 bits per heavy atom. The molecular weight excluding hydrogens is 474 g/mol. The molecule has 0 radical (unpaired) electrons. The molecule has 1 aliphatic rings. The minimum absolute atomic E-state index is 0.104. The van der Waals surface area contributed by atoms with E-state index in [-0.39, 0.29) is 36.5 Å². The predicted octanol–water partition coefficient (Wildman–Crippen LogP) is 6.29. The minimum Gasteiger partial charge on any atom is -0.322 e. The maximum atomic E-state index is 13.6. The highest BCUT2D eigenvalue weighted by molar-refractivity contribution is 5.97. The van der Waals surface area contributed by atoms with Crippen LogP contribution in [0.4, 0.5) is 4.79 Å². The second kappa shape index (κ2) is 13.9. The first-order valence-corrected chi connectivity index (χ1v) is 13.6. The Bertz CT molecular complexity index is 1140. The van der Waals surface area contributed by atoms with Crippen molar-refractivity contribution in [3.05, 3.63) is 108 Å². The normalized spacial score (nSPS) is 18.1. The van der Waals surface area contributed by atoms with E-state index in [1.807, 2.05) is 73.7 Å². The van der Waals surface area contributed by atoms with Gasteiger partial charge in [0, 0.05) is 19.5 Å². The lowest BCUT2D eigenvalue weighted by Gasteiger charge is -2.26. The number of nitrogens with one attached hydrogen (secondary N) is 1. The number of hydroxylamine groups is 1. The number of rotatable bonds is 13. The maximum absolute atomic E-state index is 13.6. The summed E-state index contributed by atoms with van der Waals surface area (Å²) >= 11 is 0. The average Bonchev–Trinajstić information content (AvgIpc) is 3.18. The lowest BCUT2D eigenvalue weighted by atomic mass is 9.99. The quantitative estimate of drug-likeness (QED) is 0.215. The molecule has 6 nitrogen and oxygen atoms in total. The summed E-state index contributed by atoms with van der Waals surface area (Å²) in [4.78, 5) is 35.7. The number of benzene rings is 3. The van der Waals surface area contributed by atoms with E-state index in [0.29, 0.717) is 6.61 Å². The molecular formula is C32H39N3O3. The van der Waals surface area contributed by atoms with Crippen molar-refractivity contribution in [3.63, 3.8) is 0 Å². The Kier molecular flexibility index (Phi) is 10.1. The summed E-state index contributed by atoms with van der Waals surface area (Å²) < 4.78 is 0. The lowest BCUT2D eigenvalue weighted by Crippen LogP contribution is -2.41. The van der Waals surface area contributed by atoms with E-state index in [1.54, 1.807) is 11.9 Å². The number of urea groups is 1. The van der Waals surface area contributed by atoms with Crippen molar-refractivity contribution in [1.29, 1.82) is 0 Å². The zero-order valence-electron chi connectivity index (χ0n) is 22.5. The molecule has 200 valence electrons. The van der Waals surface area contributed by atoms with Gasteiger partial charge in [0.15, 0.2) is 0 Å². The molecule has 0 unspecified atom stereocenters. The van der Waals surface area contributed by atoms with Gasteiger partial charge in [0.2, 0.25) is 5.91 Å². The van der Waals surface area contributed by atoms with Gasteiger partial charge in [-0.25, -0.2) is 4.79 Å². The van der Waals surface area contributed by atoms with E-state index in [1.165, 1.54) is 10.5 Å². The first-order chi connectivity index (χ1) is 18.5. The van der Waals surface area contributed by atoms with Crippen LogP contribution in [0.15, 0.2) is 91.0 Å². The third kappa shape index (κ3) is 7.30. The van der Waals surface area contributed by atoms with Crippen molar-refractivity contribution < 1.29 is 14.4 Å². The van der Waals surface area contributed by atoms with Crippen LogP contribution in [-0.4, -0.2) is 40.9 Å². The van der Waals surface area contributed by atoms with Crippen LogP contribution in [0.5, 0.6) is 0 Å². The van der Waals surface area contributed by atoms with Crippen LogP contribution in [0.25, 0.3) is 0 Å². The Morgan fingerprint density at radius 3 is 2.13 bits per heavy atom. The Morgan fingerprint density at radius 2 is 1.47 bits per heavy atom. The minimum atomic E-state index is -0.307. The van der Waals surface area contributed by atoms with E-state index >= 15 is 0 Å². The Balaban J connectivity index is 1.38. The molecule has 3 aromatic rings. The summed E-state index contributed by atoms with van der Waals surface area (Å²) in [5, 5.41) is 0. The van der Waals surface area contributed by atoms with Crippen LogP contribution < -0.4 is 5.48 Å². The van der Waals surface area contributed by atoms with Crippen molar-refractivity contribution >= 4 is 11.9 Å². The zero-order chi connectivity index (χ0) is 26.7. The average molecular weight is 514 g/mol. The molecule has 3 atom stereocenters. The second-order valence-corrected chi connectivity index (χ2v) is 10.1. The van der Waals surface area contributed by atoms with Gasteiger partial charge < -0.3 is 4.90 Å². The SMILES string of the molecule is C[C@H]1[C@@H](c2ccccc2)N(C(=O)C[C@H](CCCCCc2ccccc2)NOCc2ccccc2)C(=O)N1C. The third-order valence-electron chi connectivity index (χ3n) is 7.38. The lowest BCUT2D eigenvalue weighted by molar-refractivity contribution is -0.131. The van der Waals surface area contributed by atoms with Crippen LogP contribution in [0.2, 0.25) is 0 Å². The summed E-state index contributed by atoms with van der Waals surface area (Å²) in [6.45, 7) is 2.41. The number of unbranched alkanes of at least 4 members (excludes halogenated alkanes) is 2. The summed E-state index contributed by atoms with van der Waals surface area (Å²) in [5.41, 5.74) is 6.53. The highest BCUT2D eigenvalue weighted by Crippen LogP contribution is 2.35. The fraction of sp³-hybridized carbons (Fsp3) is 0.375. The predicted molar refractivity (Wildman–Crippen MR) is 150 cm³/mol. The van der Waals surface area contributed by atoms with Crippen molar-refractivity contribution in [3.8, 4) is 0 Å². The number of carbonyl (C=O) groups is 2. The molecule has 4 rings (SSSR count). The number of carbonyl (C=O) groups excluding carboxylic acids is 2. The number of hydrogen-bond donors (Lipinski definition) is 1. The number of hydrogen-bond acceptors (Lipinski definition) is 4. The van der Waals surface area contributed by atoms with Gasteiger partial charge in [-0.2, -0.15) is 5.48 Å². The summed E-state index contributed by atoms with van der Waals surface area (Å²) in [6, 6.07) is 29.4. The van der Waals surface area contributed by atoms with Crippen LogP contribution in [0, 0.1) is 0 Å². The molecule has 1 aliphatic heterocycles. The van der Waals surface area contributed by atoms with Gasteiger partial charge in [-0.15, -0.1) is 0 Å². The molecule has 1 heterocycles. The number of amides is 3. The molecule has 3 aromatic carbocycles. The number of likely N-dealkylation sites (N-methyl/N-ethyl adjacent to an activating group) is 1. The van der Waals surface area contributed by atoms with Crippen LogP contribution in [-0.2, 0) is 22.7 Å². The van der Waals surface area contributed by atoms with Crippen molar-refractivity contribution in [2.24, 2.45) is 0 Å². The highest BCUT2D eigenvalue weighted by atomic mass is 16.6. The fourth-order valence-electron chi connectivity index (χ4n) is 5.10. The molecule has 1 saturated heterocycles. The van der Waals surface area contributed by atoms with Crippen molar-refractivity contribution in [2.45, 2.75) is 70.2 Å². The monoisotopic (exact) mass is 513 g/mol. The van der Waals surface area contributed by atoms with Gasteiger partial charge in [-0.1, -0.05) is 104 Å². The van der Waals surface area contributed by atoms with Crippen molar-refractivity contribution in [1.82, 2.24) is 15.3 Å². The number of aryl methyl sites for hydroxylation is 1. The zero-order valence-corrected chi connectivity index (χ0v) is 22.5. The molecule has 6 heteroatoms.